The van der Waals surface area contributed by atoms with Gasteiger partial charge in [-0.3, -0.25) is 4.79 Å². The van der Waals surface area contributed by atoms with Crippen LogP contribution in [0.1, 0.15) is 10.4 Å². The van der Waals surface area contributed by atoms with Crippen LogP contribution in [0.3, 0.4) is 0 Å². The van der Waals surface area contributed by atoms with Crippen molar-refractivity contribution in [3.8, 4) is 0 Å². The first-order valence-corrected chi connectivity index (χ1v) is 5.95. The number of Topliss-reactive ketones (excluding diaryl/α,β-unsaturated/α-hetero) is 1. The van der Waals surface area contributed by atoms with Crippen molar-refractivity contribution in [3.63, 3.8) is 0 Å². The molecule has 0 heterocycles. The topological polar surface area (TPSA) is 77.5 Å². The van der Waals surface area contributed by atoms with Crippen LogP contribution in [-0.4, -0.2) is 44.3 Å². The number of benzene rings is 1. The normalized spacial score (nSPS) is 11.1. The summed E-state index contributed by atoms with van der Waals surface area (Å²) in [4.78, 5) is 12.9. The van der Waals surface area contributed by atoms with Gasteiger partial charge in [0.2, 0.25) is 0 Å². The number of nitrogens with zero attached hydrogens (tertiary/aromatic N) is 1. The second-order valence-electron chi connectivity index (χ2n) is 3.64. The predicted molar refractivity (Wildman–Crippen MR) is 57.3 cm³/mol. The summed E-state index contributed by atoms with van der Waals surface area (Å²) in [6.07, 6.45) is 0. The molecule has 0 saturated carbocycles. The summed E-state index contributed by atoms with van der Waals surface area (Å²) in [7, 11) is -0.923. The monoisotopic (exact) mass is 265 g/mol. The molecule has 1 aromatic rings. The van der Waals surface area contributed by atoms with Crippen LogP contribution in [0, 0.1) is 0 Å². The van der Waals surface area contributed by atoms with Crippen LogP contribution in [0.25, 0.3) is 0 Å². The van der Waals surface area contributed by atoms with Gasteiger partial charge in [0.25, 0.3) is 0 Å². The maximum absolute atomic E-state index is 11.5. The third-order valence-electron chi connectivity index (χ3n) is 1.92. The number of hydrogen-bond donors (Lipinski definition) is 0. The van der Waals surface area contributed by atoms with Gasteiger partial charge in [-0.15, -0.1) is 0 Å². The summed E-state index contributed by atoms with van der Waals surface area (Å²) in [5.74, 6) is -0.125. The number of ketones is 1. The molecule has 0 aliphatic heterocycles. The minimum atomic E-state index is -4.44. The van der Waals surface area contributed by atoms with Crippen LogP contribution < -0.4 is 29.6 Å². The van der Waals surface area contributed by atoms with E-state index in [0.717, 1.165) is 12.1 Å². The Kier molecular flexibility index (Phi) is 6.53. The van der Waals surface area contributed by atoms with Crippen molar-refractivity contribution in [2.24, 2.45) is 0 Å². The van der Waals surface area contributed by atoms with Gasteiger partial charge < -0.3 is 9.45 Å². The summed E-state index contributed by atoms with van der Waals surface area (Å²) < 4.78 is 31.9. The Labute approximate surface area is 123 Å². The van der Waals surface area contributed by atoms with E-state index in [1.54, 1.807) is 19.0 Å². The molecule has 88 valence electrons. The predicted octanol–water partition coefficient (Wildman–Crippen LogP) is -2.66. The van der Waals surface area contributed by atoms with E-state index >= 15 is 0 Å². The molecule has 0 aliphatic carbocycles. The van der Waals surface area contributed by atoms with Gasteiger partial charge in [0.05, 0.1) is 11.4 Å². The Morgan fingerprint density at radius 1 is 1.24 bits per heavy atom. The zero-order valence-electron chi connectivity index (χ0n) is 10.0. The largest absolute Gasteiger partial charge is 1.00 e. The van der Waals surface area contributed by atoms with Gasteiger partial charge in [0, 0.05) is 5.56 Å². The maximum Gasteiger partial charge on any atom is 1.00 e. The number of likely N-dealkylation sites (N-methyl/N-ethyl adjacent to an activating group) is 1. The fourth-order valence-electron chi connectivity index (χ4n) is 1.19. The molecule has 17 heavy (non-hydrogen) atoms. The molecule has 0 saturated heterocycles. The Morgan fingerprint density at radius 3 is 2.06 bits per heavy atom. The molecule has 1 rings (SSSR count). The van der Waals surface area contributed by atoms with Gasteiger partial charge in [0.1, 0.15) is 10.1 Å². The van der Waals surface area contributed by atoms with E-state index in [-0.39, 0.29) is 46.8 Å². The Balaban J connectivity index is 0.00000256. The third kappa shape index (κ3) is 5.29. The number of carbonyl (C=O) groups excluding carboxylic acids is 1. The first kappa shape index (κ1) is 16.8. The molecule has 0 N–H and O–H groups in total. The summed E-state index contributed by atoms with van der Waals surface area (Å²) in [6, 6.07) is 4.98. The van der Waals surface area contributed by atoms with Gasteiger partial charge in [-0.1, -0.05) is 12.1 Å². The summed E-state index contributed by atoms with van der Waals surface area (Å²) in [5, 5.41) is 0. The maximum atomic E-state index is 11.5. The molecular weight excluding hydrogens is 253 g/mol. The average Bonchev–Trinajstić information content (AvgIpc) is 2.15. The molecule has 0 aliphatic rings. The van der Waals surface area contributed by atoms with Crippen LogP contribution in [0.4, 0.5) is 0 Å². The van der Waals surface area contributed by atoms with E-state index in [1.807, 2.05) is 0 Å². The van der Waals surface area contributed by atoms with Gasteiger partial charge in [-0.05, 0) is 26.2 Å². The molecular formula is C10H12NNaO4S. The quantitative estimate of drug-likeness (QED) is 0.337. The molecule has 0 radical (unpaired) electrons. The van der Waals surface area contributed by atoms with E-state index in [2.05, 4.69) is 0 Å². The molecule has 0 amide bonds. The molecule has 7 heteroatoms. The molecule has 0 bridgehead atoms. The number of carbonyl (C=O) groups is 1. The second kappa shape index (κ2) is 6.63. The van der Waals surface area contributed by atoms with Crippen molar-refractivity contribution in [2.45, 2.75) is 4.90 Å². The Bertz CT molecular complexity index is 482. The van der Waals surface area contributed by atoms with Crippen LogP contribution in [0.5, 0.6) is 0 Å². The first-order valence-electron chi connectivity index (χ1n) is 4.54. The van der Waals surface area contributed by atoms with Crippen molar-refractivity contribution >= 4 is 15.9 Å². The van der Waals surface area contributed by atoms with E-state index in [9.17, 15) is 17.8 Å². The Morgan fingerprint density at radius 2 is 1.71 bits per heavy atom. The summed E-state index contributed by atoms with van der Waals surface area (Å²) in [5.41, 5.74) is 0.390. The smallest absolute Gasteiger partial charge is 0.744 e. The van der Waals surface area contributed by atoms with Gasteiger partial charge in [-0.25, -0.2) is 8.42 Å². The standard InChI is InChI=1S/C10H13NO4S.Na/c1-11(2)7-10(12)8-3-5-9(6-4-8)16(13,14)15;/h3-6H,7H2,1-2H3,(H,13,14,15);/q;+1/p-1. The van der Waals surface area contributed by atoms with Gasteiger partial charge in [-0.2, -0.15) is 0 Å². The van der Waals surface area contributed by atoms with Crippen molar-refractivity contribution in [2.75, 3.05) is 20.6 Å². The van der Waals surface area contributed by atoms with Gasteiger partial charge >= 0.3 is 29.6 Å². The second-order valence-corrected chi connectivity index (χ2v) is 5.02. The van der Waals surface area contributed by atoms with Crippen LogP contribution in [-0.2, 0) is 10.1 Å². The fourth-order valence-corrected chi connectivity index (χ4v) is 1.66. The van der Waals surface area contributed by atoms with Crippen LogP contribution >= 0.6 is 0 Å². The van der Waals surface area contributed by atoms with Crippen molar-refractivity contribution in [3.05, 3.63) is 29.8 Å². The number of hydrogen-bond acceptors (Lipinski definition) is 5. The molecule has 0 spiro atoms. The van der Waals surface area contributed by atoms with Crippen molar-refractivity contribution in [1.82, 2.24) is 4.90 Å². The molecule has 0 unspecified atom stereocenters. The molecule has 5 nitrogen and oxygen atoms in total. The third-order valence-corrected chi connectivity index (χ3v) is 2.77. The van der Waals surface area contributed by atoms with E-state index in [1.165, 1.54) is 12.1 Å². The average molecular weight is 265 g/mol. The van der Waals surface area contributed by atoms with Crippen molar-refractivity contribution in [1.29, 1.82) is 0 Å². The zero-order valence-corrected chi connectivity index (χ0v) is 12.8. The van der Waals surface area contributed by atoms with E-state index in [0.29, 0.717) is 5.56 Å². The zero-order chi connectivity index (χ0) is 12.3. The van der Waals surface area contributed by atoms with Crippen LogP contribution in [0.15, 0.2) is 29.2 Å². The molecule has 1 aromatic carbocycles. The molecule has 0 atom stereocenters. The van der Waals surface area contributed by atoms with Crippen molar-refractivity contribution < 1.29 is 47.3 Å². The number of rotatable bonds is 4. The van der Waals surface area contributed by atoms with E-state index in [4.69, 9.17) is 0 Å². The molecule has 0 aromatic heterocycles. The SMILES string of the molecule is CN(C)CC(=O)c1ccc(S(=O)(=O)[O-])cc1.[Na+]. The first-order chi connectivity index (χ1) is 7.30. The Hall–Kier alpha value is -0.240. The summed E-state index contributed by atoms with van der Waals surface area (Å²) in [6.45, 7) is 0.240. The van der Waals surface area contributed by atoms with Crippen LogP contribution in [0.2, 0.25) is 0 Å². The summed E-state index contributed by atoms with van der Waals surface area (Å²) >= 11 is 0. The fraction of sp³-hybridized carbons (Fsp3) is 0.300. The van der Waals surface area contributed by atoms with Gasteiger partial charge in [0.15, 0.2) is 5.78 Å². The minimum Gasteiger partial charge on any atom is -0.744 e. The minimum absolute atomic E-state index is 0. The van der Waals surface area contributed by atoms with E-state index < -0.39 is 10.1 Å². The molecule has 0 fully saturated rings.